The van der Waals surface area contributed by atoms with E-state index in [1.54, 1.807) is 0 Å². The van der Waals surface area contributed by atoms with Gasteiger partial charge in [0.2, 0.25) is 5.69 Å². The van der Waals surface area contributed by atoms with E-state index in [1.165, 1.54) is 5.69 Å². The first-order valence-corrected chi connectivity index (χ1v) is 10.2. The zero-order valence-electron chi connectivity index (χ0n) is 16.6. The summed E-state index contributed by atoms with van der Waals surface area (Å²) in [6, 6.07) is 6.05. The molecule has 0 bridgehead atoms. The molecule has 1 spiro atoms. The molecule has 1 aromatic rings. The van der Waals surface area contributed by atoms with Crippen LogP contribution in [0.1, 0.15) is 69.4 Å². The van der Waals surface area contributed by atoms with Gasteiger partial charge in [-0.05, 0) is 24.8 Å². The van der Waals surface area contributed by atoms with Crippen LogP contribution >= 0.6 is 0 Å². The maximum atomic E-state index is 11.4. The molecule has 28 heavy (non-hydrogen) atoms. The van der Waals surface area contributed by atoms with Crippen molar-refractivity contribution in [2.24, 2.45) is 5.92 Å². The molecule has 6 atom stereocenters. The molecular formula is C22H29NO5. The fraction of sp³-hybridized carbons (Fsp3) is 0.636. The van der Waals surface area contributed by atoms with Crippen LogP contribution in [0.3, 0.4) is 0 Å². The van der Waals surface area contributed by atoms with Gasteiger partial charge in [0, 0.05) is 37.3 Å². The average Bonchev–Trinajstić information content (AvgIpc) is 3.01. The van der Waals surface area contributed by atoms with Crippen LogP contribution in [0.2, 0.25) is 0 Å². The van der Waals surface area contributed by atoms with Crippen molar-refractivity contribution in [3.8, 4) is 0 Å². The molecule has 0 aliphatic carbocycles. The average molecular weight is 387 g/mol. The fourth-order valence-electron chi connectivity index (χ4n) is 5.14. The van der Waals surface area contributed by atoms with Gasteiger partial charge in [-0.3, -0.25) is 0 Å². The lowest BCUT2D eigenvalue weighted by Crippen LogP contribution is -2.55. The number of nitrogens with zero attached hydrogens (tertiary/aromatic N) is 1. The third kappa shape index (κ3) is 3.49. The number of ether oxygens (including phenoxy) is 2. The molecular weight excluding hydrogens is 358 g/mol. The summed E-state index contributed by atoms with van der Waals surface area (Å²) >= 11 is 0. The van der Waals surface area contributed by atoms with E-state index in [-0.39, 0.29) is 12.3 Å². The van der Waals surface area contributed by atoms with Crippen LogP contribution in [0.15, 0.2) is 30.4 Å². The molecule has 4 rings (SSSR count). The third-order valence-corrected chi connectivity index (χ3v) is 6.38. The highest BCUT2D eigenvalue weighted by Crippen LogP contribution is 2.45. The number of rotatable bonds is 3. The van der Waals surface area contributed by atoms with Crippen LogP contribution in [0.25, 0.3) is 0 Å². The molecule has 2 saturated heterocycles. The SMILES string of the molecule is C=C1C[C@H](C(=O)[O-])O[C@@]2(C1)C[C@@H](C)C[C@H]([C@@H](O)c1cccc3[n+]1CC[C@H]3C)O2. The molecule has 1 aromatic heterocycles. The van der Waals surface area contributed by atoms with E-state index in [9.17, 15) is 15.0 Å². The number of pyridine rings is 1. The molecule has 3 aliphatic heterocycles. The van der Waals surface area contributed by atoms with Crippen LogP contribution in [0.5, 0.6) is 0 Å². The van der Waals surface area contributed by atoms with Gasteiger partial charge in [-0.15, -0.1) is 0 Å². The molecule has 1 N–H and O–H groups in total. The smallest absolute Gasteiger partial charge is 0.213 e. The maximum absolute atomic E-state index is 11.4. The molecule has 6 nitrogen and oxygen atoms in total. The minimum atomic E-state index is -1.25. The number of hydrogen-bond donors (Lipinski definition) is 1. The number of carbonyl (C=O) groups is 1. The number of carbonyl (C=O) groups excluding carboxylic acids is 1. The van der Waals surface area contributed by atoms with Crippen molar-refractivity contribution in [1.29, 1.82) is 0 Å². The fourth-order valence-corrected chi connectivity index (χ4v) is 5.14. The lowest BCUT2D eigenvalue weighted by atomic mass is 9.83. The number of fused-ring (bicyclic) bond motifs is 1. The lowest BCUT2D eigenvalue weighted by Gasteiger charge is -2.49. The highest BCUT2D eigenvalue weighted by Gasteiger charge is 2.49. The molecule has 0 radical (unpaired) electrons. The van der Waals surface area contributed by atoms with Gasteiger partial charge in [-0.25, -0.2) is 0 Å². The van der Waals surface area contributed by atoms with E-state index >= 15 is 0 Å². The Bertz CT molecular complexity index is 793. The van der Waals surface area contributed by atoms with Gasteiger partial charge in [0.1, 0.15) is 12.6 Å². The van der Waals surface area contributed by atoms with Gasteiger partial charge in [-0.1, -0.05) is 26.0 Å². The maximum Gasteiger partial charge on any atom is 0.213 e. The number of carboxylic acids is 1. The summed E-state index contributed by atoms with van der Waals surface area (Å²) in [4.78, 5) is 11.4. The van der Waals surface area contributed by atoms with Crippen LogP contribution in [0.4, 0.5) is 0 Å². The van der Waals surface area contributed by atoms with Crippen molar-refractivity contribution in [2.75, 3.05) is 0 Å². The molecule has 6 heteroatoms. The second-order valence-corrected chi connectivity index (χ2v) is 8.83. The van der Waals surface area contributed by atoms with Gasteiger partial charge < -0.3 is 24.5 Å². The predicted molar refractivity (Wildman–Crippen MR) is 98.9 cm³/mol. The van der Waals surface area contributed by atoms with E-state index in [4.69, 9.17) is 9.47 Å². The van der Waals surface area contributed by atoms with Gasteiger partial charge in [0.05, 0.1) is 12.1 Å². The highest BCUT2D eigenvalue weighted by molar-refractivity contribution is 5.70. The summed E-state index contributed by atoms with van der Waals surface area (Å²) in [5.74, 6) is -1.61. The van der Waals surface area contributed by atoms with E-state index in [1.807, 2.05) is 12.1 Å². The molecule has 2 fully saturated rings. The molecule has 152 valence electrons. The van der Waals surface area contributed by atoms with Crippen LogP contribution < -0.4 is 9.67 Å². The minimum Gasteiger partial charge on any atom is -0.547 e. The first-order chi connectivity index (χ1) is 13.3. The van der Waals surface area contributed by atoms with Crippen molar-refractivity contribution in [1.82, 2.24) is 0 Å². The summed E-state index contributed by atoms with van der Waals surface area (Å²) in [6.07, 6.45) is 0.699. The predicted octanol–water partition coefficient (Wildman–Crippen LogP) is 1.51. The molecule has 3 aliphatic rings. The van der Waals surface area contributed by atoms with Crippen LogP contribution in [-0.4, -0.2) is 29.1 Å². The van der Waals surface area contributed by atoms with Gasteiger partial charge in [-0.2, -0.15) is 4.57 Å². The summed E-state index contributed by atoms with van der Waals surface area (Å²) in [5.41, 5.74) is 2.86. The van der Waals surface area contributed by atoms with Gasteiger partial charge in [0.15, 0.2) is 17.6 Å². The van der Waals surface area contributed by atoms with E-state index < -0.39 is 30.1 Å². The Morgan fingerprint density at radius 3 is 2.93 bits per heavy atom. The number of aliphatic hydroxyl groups excluding tert-OH is 1. The Labute approximate surface area is 165 Å². The number of hydrogen-bond acceptors (Lipinski definition) is 5. The molecule has 4 heterocycles. The van der Waals surface area contributed by atoms with Crippen molar-refractivity contribution in [3.63, 3.8) is 0 Å². The quantitative estimate of drug-likeness (QED) is 0.628. The Hall–Kier alpha value is -1.76. The van der Waals surface area contributed by atoms with Crippen molar-refractivity contribution in [3.05, 3.63) is 41.7 Å². The number of aliphatic carboxylic acids is 1. The zero-order chi connectivity index (χ0) is 20.1. The third-order valence-electron chi connectivity index (χ3n) is 6.38. The Kier molecular flexibility index (Phi) is 5.06. The normalized spacial score (nSPS) is 36.3. The summed E-state index contributed by atoms with van der Waals surface area (Å²) in [6.45, 7) is 9.16. The van der Waals surface area contributed by atoms with Crippen LogP contribution in [0, 0.1) is 5.92 Å². The van der Waals surface area contributed by atoms with Crippen LogP contribution in [-0.2, 0) is 20.8 Å². The molecule has 0 amide bonds. The standard InChI is InChI=1S/C22H29NO5/c1-13-9-18(20(24)17-6-4-5-16-15(3)7-8-23(16)17)27-22(11-13)12-14(2)10-19(28-22)21(25)26/h4-6,13,15,18-20,24H,2,7-12H2,1,3H3/t13-,15+,18+,19+,20-,22+/m0/s1. The number of aliphatic hydroxyl groups is 1. The summed E-state index contributed by atoms with van der Waals surface area (Å²) in [5, 5.41) is 22.6. The summed E-state index contributed by atoms with van der Waals surface area (Å²) < 4.78 is 14.4. The Morgan fingerprint density at radius 2 is 2.18 bits per heavy atom. The van der Waals surface area contributed by atoms with E-state index in [2.05, 4.69) is 31.1 Å². The monoisotopic (exact) mass is 387 g/mol. The van der Waals surface area contributed by atoms with E-state index in [0.29, 0.717) is 25.2 Å². The second-order valence-electron chi connectivity index (χ2n) is 8.83. The number of aromatic nitrogens is 1. The van der Waals surface area contributed by atoms with E-state index in [0.717, 1.165) is 24.2 Å². The first kappa shape index (κ1) is 19.6. The minimum absolute atomic E-state index is 0.224. The molecule has 0 saturated carbocycles. The highest BCUT2D eigenvalue weighted by atomic mass is 16.7. The zero-order valence-corrected chi connectivity index (χ0v) is 16.6. The van der Waals surface area contributed by atoms with Crippen molar-refractivity contribution < 1.29 is 29.0 Å². The molecule has 0 unspecified atom stereocenters. The van der Waals surface area contributed by atoms with Gasteiger partial charge >= 0.3 is 0 Å². The summed E-state index contributed by atoms with van der Waals surface area (Å²) in [7, 11) is 0. The second kappa shape index (κ2) is 7.25. The largest absolute Gasteiger partial charge is 0.547 e. The Morgan fingerprint density at radius 1 is 1.39 bits per heavy atom. The number of carboxylic acid groups (broad SMARTS) is 1. The van der Waals surface area contributed by atoms with Crippen molar-refractivity contribution >= 4 is 5.97 Å². The molecule has 0 aromatic carbocycles. The lowest BCUT2D eigenvalue weighted by molar-refractivity contribution is -0.702. The topological polar surface area (TPSA) is 82.7 Å². The first-order valence-electron chi connectivity index (χ1n) is 10.2. The van der Waals surface area contributed by atoms with Gasteiger partial charge in [0.25, 0.3) is 0 Å². The Balaban J connectivity index is 1.61. The van der Waals surface area contributed by atoms with Crippen molar-refractivity contribution in [2.45, 2.75) is 82.5 Å².